The molecule has 0 bridgehead atoms. The molecule has 19 nitrogen and oxygen atoms in total. The zero-order chi connectivity index (χ0) is 61.8. The molecule has 0 atom stereocenters. The van der Waals surface area contributed by atoms with Gasteiger partial charge in [0, 0.05) is 72.7 Å². The van der Waals surface area contributed by atoms with Crippen LogP contribution < -0.4 is 19.2 Å². The Kier molecular flexibility index (Phi) is 13.5. The van der Waals surface area contributed by atoms with Crippen LogP contribution in [0.15, 0.2) is 161 Å². The predicted molar refractivity (Wildman–Crippen MR) is 328 cm³/mol. The number of amides is 2. The van der Waals surface area contributed by atoms with E-state index in [1.165, 1.54) is 94.9 Å². The molecule has 0 aliphatic rings. The summed E-state index contributed by atoms with van der Waals surface area (Å²) in [6, 6.07) is 35.5. The van der Waals surface area contributed by atoms with Gasteiger partial charge in [0.25, 0.3) is 11.8 Å². The van der Waals surface area contributed by atoms with E-state index in [1.807, 2.05) is 0 Å². The first kappa shape index (κ1) is 56.3. The highest BCUT2D eigenvalue weighted by atomic mass is 32.2. The van der Waals surface area contributed by atoms with Crippen LogP contribution in [0.1, 0.15) is 20.7 Å². The number of hydrogen-bond acceptors (Lipinski definition) is 13. The summed E-state index contributed by atoms with van der Waals surface area (Å²) in [5, 5.41) is 6.73. The number of benzene rings is 5. The SMILES string of the molecule is CNC(=O)c1c(-c2ccc(F)cc2)oc2cc(N(C)S(C)(=O)=O)c(-c3ccc4ncn5c6cccc(F)c6cc5c4n3)cc12.CNC(=O)c1c(-c2ccc(F)cc2)oc2nc(N(C)S(C)(=O)=O)c(-c3ccc4ncn5c6cccc(F)c6cc5c4n3)cc12. The number of nitrogens with one attached hydrogen (secondary N) is 2. The Morgan fingerprint density at radius 2 is 0.977 bits per heavy atom. The largest absolute Gasteiger partial charge is 0.455 e. The first-order chi connectivity index (χ1) is 42.1. The topological polar surface area (TPSA) is 233 Å². The summed E-state index contributed by atoms with van der Waals surface area (Å²) in [6.07, 6.45) is 5.31. The average molecular weight is 1220 g/mol. The van der Waals surface area contributed by atoms with Crippen molar-refractivity contribution in [3.63, 3.8) is 0 Å². The number of carbonyl (C=O) groups is 2. The van der Waals surface area contributed by atoms with Crippen molar-refractivity contribution in [2.24, 2.45) is 0 Å². The van der Waals surface area contributed by atoms with Gasteiger partial charge in [0.15, 0.2) is 5.82 Å². The van der Waals surface area contributed by atoms with Gasteiger partial charge in [0.2, 0.25) is 25.8 Å². The fourth-order valence-electron chi connectivity index (χ4n) is 10.8. The van der Waals surface area contributed by atoms with Crippen LogP contribution in [0.3, 0.4) is 0 Å². The summed E-state index contributed by atoms with van der Waals surface area (Å²) < 4.78 is 126. The minimum Gasteiger partial charge on any atom is -0.455 e. The lowest BCUT2D eigenvalue weighted by atomic mass is 10.0. The van der Waals surface area contributed by atoms with Gasteiger partial charge in [0.1, 0.15) is 64.1 Å². The van der Waals surface area contributed by atoms with Gasteiger partial charge in [-0.25, -0.2) is 54.3 Å². The lowest BCUT2D eigenvalue weighted by Gasteiger charge is -2.20. The molecule has 0 saturated heterocycles. The van der Waals surface area contributed by atoms with Gasteiger partial charge in [-0.2, -0.15) is 4.98 Å². The maximum Gasteiger partial charge on any atom is 0.255 e. The van der Waals surface area contributed by atoms with E-state index in [1.54, 1.807) is 94.3 Å². The van der Waals surface area contributed by atoms with E-state index in [0.29, 0.717) is 88.4 Å². The molecule has 14 rings (SSSR count). The van der Waals surface area contributed by atoms with Gasteiger partial charge < -0.3 is 19.5 Å². The van der Waals surface area contributed by atoms with Gasteiger partial charge in [0.05, 0.1) is 79.2 Å². The fourth-order valence-corrected chi connectivity index (χ4v) is 11.7. The molecule has 0 unspecified atom stereocenters. The molecule has 440 valence electrons. The highest BCUT2D eigenvalue weighted by Gasteiger charge is 2.30. The standard InChI is InChI=1S/C32H23F2N5O4S.C31H22F2N6O4S/c1-35-32(40)29-21-13-20(26(38(2)44(3,41)42)15-28(21)43-31(29)17-7-9-18(33)10-8-17)23-11-12-24-30(37-23)27-14-19-22(34)5-4-6-25(19)39(27)16-36-24;1-34-30(40)26-20-13-19(29(38(2)44(3,41)42)37-31(20)43-28(26)16-7-9-17(32)10-8-16)22-11-12-23-27(36-22)25-14-18-21(33)5-4-6-24(18)39(25)15-35-23/h4-16H,1-3H3,(H,35,40);4-15H,1-3H3,(H,34,40). The lowest BCUT2D eigenvalue weighted by Crippen LogP contribution is -2.26. The van der Waals surface area contributed by atoms with Gasteiger partial charge in [-0.1, -0.05) is 12.1 Å². The van der Waals surface area contributed by atoms with Gasteiger partial charge >= 0.3 is 0 Å². The highest BCUT2D eigenvalue weighted by Crippen LogP contribution is 2.43. The normalized spacial score (nSPS) is 12.0. The summed E-state index contributed by atoms with van der Waals surface area (Å²) in [7, 11) is -1.86. The molecule has 0 aliphatic carbocycles. The van der Waals surface area contributed by atoms with Crippen molar-refractivity contribution >= 4 is 120 Å². The number of aromatic nitrogens is 7. The van der Waals surface area contributed by atoms with Crippen molar-refractivity contribution in [2.75, 3.05) is 49.3 Å². The Hall–Kier alpha value is -10.8. The van der Waals surface area contributed by atoms with Crippen LogP contribution >= 0.6 is 0 Å². The third kappa shape index (κ3) is 9.46. The molecular weight excluding hydrogens is 1180 g/mol. The maximum absolute atomic E-state index is 14.7. The molecule has 25 heteroatoms. The summed E-state index contributed by atoms with van der Waals surface area (Å²) >= 11 is 0. The van der Waals surface area contributed by atoms with Crippen LogP contribution in [-0.4, -0.2) is 103 Å². The Labute approximate surface area is 496 Å². The van der Waals surface area contributed by atoms with E-state index >= 15 is 0 Å². The molecule has 0 aliphatic heterocycles. The first-order valence-electron chi connectivity index (χ1n) is 26.7. The third-order valence-corrected chi connectivity index (χ3v) is 17.7. The average Bonchev–Trinajstić information content (AvgIpc) is 2.77. The molecular formula is C63H45F4N11O8S2. The van der Waals surface area contributed by atoms with E-state index in [0.717, 1.165) is 21.1 Å². The zero-order valence-corrected chi connectivity index (χ0v) is 48.7. The number of hydrogen-bond donors (Lipinski definition) is 2. The second kappa shape index (κ2) is 21.0. The molecule has 2 N–H and O–H groups in total. The van der Waals surface area contributed by atoms with Crippen LogP contribution in [0.4, 0.5) is 29.1 Å². The molecule has 0 saturated carbocycles. The Morgan fingerprint density at radius 1 is 0.511 bits per heavy atom. The Balaban J connectivity index is 0.000000162. The van der Waals surface area contributed by atoms with Crippen molar-refractivity contribution in [3.05, 3.63) is 187 Å². The minimum absolute atomic E-state index is 0.00112. The maximum atomic E-state index is 14.7. The van der Waals surface area contributed by atoms with Crippen LogP contribution in [0, 0.1) is 23.3 Å². The molecule has 2 amide bonds. The molecule has 14 aromatic rings. The molecule has 5 aromatic carbocycles. The number of sulfonamides is 2. The van der Waals surface area contributed by atoms with E-state index in [9.17, 15) is 44.0 Å². The Bertz CT molecular complexity index is 5180. The van der Waals surface area contributed by atoms with E-state index in [2.05, 4.69) is 25.6 Å². The number of pyridine rings is 3. The molecule has 9 aromatic heterocycles. The highest BCUT2D eigenvalue weighted by molar-refractivity contribution is 7.92. The summed E-state index contributed by atoms with van der Waals surface area (Å²) in [6.45, 7) is 0. The predicted octanol–water partition coefficient (Wildman–Crippen LogP) is 11.7. The second-order valence-electron chi connectivity index (χ2n) is 20.6. The van der Waals surface area contributed by atoms with E-state index in [4.69, 9.17) is 18.8 Å². The number of carbonyl (C=O) groups excluding carboxylic acids is 2. The number of furan rings is 2. The van der Waals surface area contributed by atoms with Crippen LogP contribution in [-0.2, 0) is 20.0 Å². The molecule has 0 spiro atoms. The van der Waals surface area contributed by atoms with E-state index in [-0.39, 0.29) is 68.0 Å². The third-order valence-electron chi connectivity index (χ3n) is 15.3. The quantitative estimate of drug-likeness (QED) is 0.121. The molecule has 0 fully saturated rings. The number of rotatable bonds is 10. The summed E-state index contributed by atoms with van der Waals surface area (Å²) in [5.41, 5.74) is 7.55. The Morgan fingerprint density at radius 3 is 1.47 bits per heavy atom. The van der Waals surface area contributed by atoms with Crippen LogP contribution in [0.5, 0.6) is 0 Å². The first-order valence-corrected chi connectivity index (χ1v) is 30.4. The van der Waals surface area contributed by atoms with Gasteiger partial charge in [-0.15, -0.1) is 0 Å². The van der Waals surface area contributed by atoms with Crippen molar-refractivity contribution in [3.8, 4) is 45.2 Å². The second-order valence-corrected chi connectivity index (χ2v) is 24.6. The number of halogens is 4. The van der Waals surface area contributed by atoms with Crippen molar-refractivity contribution in [1.29, 1.82) is 0 Å². The lowest BCUT2D eigenvalue weighted by molar-refractivity contribution is 0.0956. The van der Waals surface area contributed by atoms with Crippen LogP contribution in [0.2, 0.25) is 0 Å². The number of fused-ring (bicyclic) bond motifs is 12. The zero-order valence-electron chi connectivity index (χ0n) is 47.1. The van der Waals surface area contributed by atoms with Gasteiger partial charge in [-0.05, 0) is 121 Å². The fraction of sp³-hybridized carbons (Fsp3) is 0.0952. The molecule has 88 heavy (non-hydrogen) atoms. The van der Waals surface area contributed by atoms with Gasteiger partial charge in [-0.3, -0.25) is 27.0 Å². The van der Waals surface area contributed by atoms with Crippen molar-refractivity contribution in [2.45, 2.75) is 0 Å². The molecule has 9 heterocycles. The number of anilines is 2. The van der Waals surface area contributed by atoms with Crippen molar-refractivity contribution in [1.82, 2.24) is 44.4 Å². The smallest absolute Gasteiger partial charge is 0.255 e. The summed E-state index contributed by atoms with van der Waals surface area (Å²) in [4.78, 5) is 49.7. The van der Waals surface area contributed by atoms with Crippen molar-refractivity contribution < 1.29 is 52.8 Å². The van der Waals surface area contributed by atoms with Crippen LogP contribution in [0.25, 0.3) is 122 Å². The number of nitrogens with zero attached hydrogens (tertiary/aromatic N) is 9. The summed E-state index contributed by atoms with van der Waals surface area (Å²) in [5.74, 6) is -2.28. The monoisotopic (exact) mass is 1220 g/mol. The van der Waals surface area contributed by atoms with E-state index < -0.39 is 43.5 Å². The molecule has 0 radical (unpaired) electrons. The minimum atomic E-state index is -3.81.